The molecule has 1 aliphatic heterocycles. The topological polar surface area (TPSA) is 662 Å². The van der Waals surface area contributed by atoms with Crippen molar-refractivity contribution in [1.29, 1.82) is 0 Å². The zero-order valence-electron chi connectivity index (χ0n) is 80.7. The predicted molar refractivity (Wildman–Crippen MR) is 506 cm³/mol. The number of carbonyl (C=O) groups excluding carboxylic acids is 19. The maximum atomic E-state index is 15.5. The van der Waals surface area contributed by atoms with Crippen molar-refractivity contribution in [3.8, 4) is 29.4 Å². The van der Waals surface area contributed by atoms with Crippen molar-refractivity contribution in [3.05, 3.63) is 102 Å². The molecule has 0 saturated heterocycles. The molecule has 138 heavy (non-hydrogen) atoms. The Morgan fingerprint density at radius 2 is 1.07 bits per heavy atom. The number of nitrogens with two attached hydrogens (primary N) is 2. The number of nitrogens with one attached hydrogen (secondary N) is 17. The van der Waals surface area contributed by atoms with Gasteiger partial charge < -0.3 is 106 Å². The summed E-state index contributed by atoms with van der Waals surface area (Å²) in [5.41, 5.74) is 13.6. The van der Waals surface area contributed by atoms with E-state index in [1.807, 2.05) is 0 Å². The maximum absolute atomic E-state index is 15.5. The highest BCUT2D eigenvalue weighted by Gasteiger charge is 2.44. The van der Waals surface area contributed by atoms with Crippen LogP contribution in [0.1, 0.15) is 204 Å². The summed E-state index contributed by atoms with van der Waals surface area (Å²) in [6.07, 6.45) is -3.43. The first-order valence-electron chi connectivity index (χ1n) is 46.0. The van der Waals surface area contributed by atoms with E-state index in [4.69, 9.17) is 11.5 Å². The van der Waals surface area contributed by atoms with Crippen LogP contribution in [0.25, 0.3) is 10.9 Å². The van der Waals surface area contributed by atoms with E-state index in [1.165, 1.54) is 100 Å². The average Bonchev–Trinajstić information content (AvgIpc) is 1.72. The van der Waals surface area contributed by atoms with Crippen LogP contribution in [-0.2, 0) is 115 Å². The molecule has 752 valence electrons. The smallest absolute Gasteiger partial charge is 0.303 e. The third-order valence-electron chi connectivity index (χ3n) is 22.9. The highest BCUT2D eigenvalue weighted by molar-refractivity contribution is 6.41. The number of aromatic nitrogens is 1. The number of Topliss-reactive ketones (excluding diaryl/α,β-unsaturated/α-hetero) is 4. The average molecular weight is 1920 g/mol. The van der Waals surface area contributed by atoms with E-state index in [9.17, 15) is 82.4 Å². The normalized spacial score (nSPS) is 21.4. The monoisotopic (exact) mass is 1920 g/mol. The van der Waals surface area contributed by atoms with Crippen molar-refractivity contribution in [3.63, 3.8) is 0 Å². The highest BCUT2D eigenvalue weighted by atomic mass is 16.4. The Labute approximate surface area is 801 Å². The number of aromatic amines is 1. The summed E-state index contributed by atoms with van der Waals surface area (Å²) in [5, 5.41) is 68.7. The quantitative estimate of drug-likeness (QED) is 0.0140. The van der Waals surface area contributed by atoms with Crippen LogP contribution in [0.15, 0.2) is 85.1 Å². The van der Waals surface area contributed by atoms with Crippen LogP contribution in [0.4, 0.5) is 0 Å². The lowest BCUT2D eigenvalue weighted by molar-refractivity contribution is -0.140. The molecule has 18 atom stereocenters. The Kier molecular flexibility index (Phi) is 46.0. The fourth-order valence-electron chi connectivity index (χ4n) is 14.7. The molecule has 0 saturated carbocycles. The van der Waals surface area contributed by atoms with E-state index >= 15 is 28.8 Å². The van der Waals surface area contributed by atoms with E-state index in [1.54, 1.807) is 88.5 Å². The number of carbonyl (C=O) groups is 20. The second-order valence-electron chi connectivity index (χ2n) is 36.2. The molecular formula is C96H135N19O23. The molecule has 0 spiro atoms. The van der Waals surface area contributed by atoms with E-state index in [0.717, 1.165) is 0 Å². The summed E-state index contributed by atoms with van der Waals surface area (Å²) < 4.78 is 0. The van der Waals surface area contributed by atoms with Gasteiger partial charge in [0.1, 0.15) is 71.2 Å². The van der Waals surface area contributed by atoms with Gasteiger partial charge in [0.05, 0.1) is 42.2 Å². The molecule has 0 bridgehead atoms. The summed E-state index contributed by atoms with van der Waals surface area (Å²) in [4.78, 5) is 283. The van der Waals surface area contributed by atoms with Crippen LogP contribution in [-0.4, -0.2) is 246 Å². The predicted octanol–water partition coefficient (Wildman–Crippen LogP) is -1.33. The van der Waals surface area contributed by atoms with Gasteiger partial charge >= 0.3 is 5.97 Å². The molecular weight excluding hydrogens is 1790 g/mol. The number of hydrogen-bond donors (Lipinski definition) is 22. The van der Waals surface area contributed by atoms with E-state index in [-0.39, 0.29) is 88.2 Å². The molecule has 24 N–H and O–H groups in total. The minimum Gasteiger partial charge on any atom is -0.508 e. The van der Waals surface area contributed by atoms with Gasteiger partial charge in [-0.05, 0) is 186 Å². The molecule has 0 radical (unpaired) electrons. The zero-order valence-corrected chi connectivity index (χ0v) is 80.7. The largest absolute Gasteiger partial charge is 0.508 e. The summed E-state index contributed by atoms with van der Waals surface area (Å²) in [7, 11) is 0. The maximum Gasteiger partial charge on any atom is 0.303 e. The Morgan fingerprint density at radius 1 is 0.522 bits per heavy atom. The summed E-state index contributed by atoms with van der Waals surface area (Å²) in [5.74, 6) is -10.3. The molecule has 4 unspecified atom stereocenters. The van der Waals surface area contributed by atoms with Crippen molar-refractivity contribution in [2.24, 2.45) is 29.2 Å². The van der Waals surface area contributed by atoms with E-state index in [0.29, 0.717) is 27.6 Å². The number of ketones is 4. The lowest BCUT2D eigenvalue weighted by atomic mass is 9.89. The van der Waals surface area contributed by atoms with Gasteiger partial charge in [-0.2, -0.15) is 0 Å². The molecule has 5 rings (SSSR count). The number of hydrazine groups is 1. The van der Waals surface area contributed by atoms with E-state index < -0.39 is 264 Å². The number of benzene rings is 3. The van der Waals surface area contributed by atoms with Crippen LogP contribution in [0.3, 0.4) is 0 Å². The number of para-hydroxylation sites is 1. The summed E-state index contributed by atoms with van der Waals surface area (Å²) >= 11 is 0. The lowest BCUT2D eigenvalue weighted by Gasteiger charge is -2.34. The number of phenols is 1. The SMILES string of the molecule is CC(=O)N[C@@H](CC(C)C)C(=O)N[C@H](C(=O)N[C@@H](Cc1ccccc1)C(=O)N[C@]1(C)CCCCC#CC#CCCC[C@@](C)(C(=O)NC(C)C(=O)N[C@@H](C)C(=O)NC(C)C(=O)N[C@@H](C)C(=O)C(=O)[C@H](C)NN[C@H](C)C(N)=O)NC(=O)[C@H](CC(C)C)CN[C@@H](CCC(N)=O)C(=O)C(=O)C(C)NC(=O)[C@H](Cc2c[nH]c3ccccc23)NC(=O)C(Cc2ccc(O)cc2)NC(=O)[C@H](CCC(=O)O)NC1=O)[C@@H](C)O. The molecule has 2 heterocycles. The van der Waals surface area contributed by atoms with Gasteiger partial charge in [0, 0.05) is 75.5 Å². The minimum absolute atomic E-state index is 0.0214. The molecule has 1 aliphatic rings. The van der Waals surface area contributed by atoms with Crippen LogP contribution in [0.2, 0.25) is 0 Å². The molecule has 1 aromatic heterocycles. The summed E-state index contributed by atoms with van der Waals surface area (Å²) in [6, 6.07) is -0.370. The lowest BCUT2D eigenvalue weighted by Crippen LogP contribution is -2.65. The van der Waals surface area contributed by atoms with Crippen molar-refractivity contribution in [2.75, 3.05) is 6.54 Å². The number of rotatable bonds is 39. The highest BCUT2D eigenvalue weighted by Crippen LogP contribution is 2.25. The van der Waals surface area contributed by atoms with Crippen LogP contribution in [0, 0.1) is 41.4 Å². The standard InChI is InChI=1S/C96H135N19O23/c1-51(2)44-65-50-100-69(38-40-75(97)119)81(125)79(123)54(6)102-88(132)74(48-64-49-99-68-33-27-26-32-67(64)68)108-89(133)72(47-63-34-36-66(118)37-35-63)107-87(131)70(39-41-76(120)121)110-94(138)96(15,113-91(135)73(46-62-30-24-23-25-31-62)109-92(136)77(60(12)116)111-90(134)71(45-52(3)4)106-61(13)117)43-29-22-20-18-16-17-19-21-28-42-95(14,112-86(65)130)93(137)105-59(11)85(129)104-58(10)84(128)103-57(9)83(127)101-53(5)78(122)80(124)55(7)114-115-56(8)82(98)126/h23-27,30-37,49,51-60,65,69-74,77,99-100,114-116,118H,20-22,28-29,38-48,50H2,1-15H3,(H2,97,119)(H2,98,126)(H,101,127)(H,102,132)(H,103,128)(H,104,129)(H,105,137)(H,106,117)(H,107,131)(H,108,133)(H,109,136)(H,110,138)(H,111,134)(H,112,130)(H,113,135)(H,120,121)/t53-,54?,55-,56+,57?,58-,59?,60+,65+,69-,70-,71-,72?,73-,74-,77-,95-,96+/m0/s1. The number of amides is 15. The van der Waals surface area contributed by atoms with Crippen molar-refractivity contribution in [2.45, 2.75) is 308 Å². The number of phenolic OH excluding ortho intramolecular Hbond substituents is 1. The molecule has 0 fully saturated rings. The zero-order chi connectivity index (χ0) is 103. The number of carboxylic acids is 1. The number of primary amides is 2. The molecule has 4 aromatic rings. The van der Waals surface area contributed by atoms with Gasteiger partial charge in [0.15, 0.2) is 0 Å². The van der Waals surface area contributed by atoms with Gasteiger partial charge in [-0.1, -0.05) is 100 Å². The number of aliphatic hydroxyl groups is 1. The Morgan fingerprint density at radius 3 is 1.65 bits per heavy atom. The number of carboxylic acid groups (broad SMARTS) is 1. The first kappa shape index (κ1) is 115. The fraction of sp³-hybridized carbons (Fsp3) is 0.542. The van der Waals surface area contributed by atoms with Crippen LogP contribution in [0.5, 0.6) is 5.75 Å². The first-order valence-corrected chi connectivity index (χ1v) is 46.0. The Hall–Kier alpha value is -13.8. The Bertz CT molecular complexity index is 5160. The number of aliphatic hydroxyl groups excluding tert-OH is 1. The van der Waals surface area contributed by atoms with Gasteiger partial charge in [0.25, 0.3) is 0 Å². The van der Waals surface area contributed by atoms with Crippen molar-refractivity contribution in [1.82, 2.24) is 90.3 Å². The number of fused-ring (bicyclic) bond motifs is 1. The van der Waals surface area contributed by atoms with Gasteiger partial charge in [-0.3, -0.25) is 95.9 Å². The molecule has 15 amide bonds. The van der Waals surface area contributed by atoms with Gasteiger partial charge in [-0.25, -0.2) is 10.9 Å². The first-order chi connectivity index (χ1) is 64.8. The number of aromatic hydroxyl groups is 1. The second-order valence-corrected chi connectivity index (χ2v) is 36.2. The molecule has 42 heteroatoms. The fourth-order valence-corrected chi connectivity index (χ4v) is 14.7. The molecule has 42 nitrogen and oxygen atoms in total. The van der Waals surface area contributed by atoms with Gasteiger partial charge in [-0.15, -0.1) is 0 Å². The third kappa shape index (κ3) is 37.7. The third-order valence-corrected chi connectivity index (χ3v) is 22.9. The minimum atomic E-state index is -2.15. The van der Waals surface area contributed by atoms with Crippen LogP contribution >= 0.6 is 0 Å². The number of H-pyrrole nitrogens is 1. The number of hydrogen-bond acceptors (Lipinski definition) is 25. The second kappa shape index (κ2) is 55.4. The van der Waals surface area contributed by atoms with Gasteiger partial charge in [0.2, 0.25) is 112 Å². The van der Waals surface area contributed by atoms with Crippen LogP contribution < -0.4 is 96.8 Å². The van der Waals surface area contributed by atoms with Crippen molar-refractivity contribution >= 4 is 129 Å². The molecule has 3 aromatic carbocycles. The van der Waals surface area contributed by atoms with Crippen molar-refractivity contribution < 1.29 is 111 Å². The Balaban J connectivity index is 1.61. The summed E-state index contributed by atoms with van der Waals surface area (Å²) in [6.45, 7) is 20.7. The number of aliphatic carboxylic acids is 1. The van der Waals surface area contributed by atoms with E-state index in [2.05, 4.69) is 114 Å². The molecule has 0 aliphatic carbocycles.